The number of aliphatic hydroxyl groups is 1. The molecule has 0 bridgehead atoms. The summed E-state index contributed by atoms with van der Waals surface area (Å²) < 4.78 is 30.1. The zero-order chi connectivity index (χ0) is 11.5. The zero-order valence-electron chi connectivity index (χ0n) is 8.53. The van der Waals surface area contributed by atoms with Gasteiger partial charge in [-0.05, 0) is 0 Å². The first kappa shape index (κ1) is 13.1. The molecule has 0 aromatic heterocycles. The van der Waals surface area contributed by atoms with Crippen molar-refractivity contribution in [3.05, 3.63) is 0 Å². The molecule has 7 nitrogen and oxygen atoms in total. The van der Waals surface area contributed by atoms with Crippen molar-refractivity contribution < 1.29 is 33.1 Å². The van der Waals surface area contributed by atoms with Crippen LogP contribution >= 0.6 is 7.82 Å². The van der Waals surface area contributed by atoms with Gasteiger partial charge < -0.3 is 19.5 Å². The Morgan fingerprint density at radius 2 is 2.20 bits per heavy atom. The van der Waals surface area contributed by atoms with Crippen LogP contribution in [-0.4, -0.2) is 55.7 Å². The Morgan fingerprint density at radius 1 is 1.53 bits per heavy atom. The molecule has 1 saturated heterocycles. The molecule has 0 saturated carbocycles. The Kier molecular flexibility index (Phi) is 4.66. The third-order valence-electron chi connectivity index (χ3n) is 2.04. The first-order chi connectivity index (χ1) is 7.00. The molecule has 1 aliphatic rings. The van der Waals surface area contributed by atoms with Crippen LogP contribution in [0.25, 0.3) is 0 Å². The van der Waals surface area contributed by atoms with E-state index in [2.05, 4.69) is 4.52 Å². The minimum Gasteiger partial charge on any atom is -0.388 e. The smallest absolute Gasteiger partial charge is 0.388 e. The summed E-state index contributed by atoms with van der Waals surface area (Å²) in [5, 5.41) is 9.45. The van der Waals surface area contributed by atoms with Gasteiger partial charge in [0.15, 0.2) is 0 Å². The number of ether oxygens (including phenoxy) is 2. The van der Waals surface area contributed by atoms with E-state index in [0.717, 1.165) is 7.11 Å². The molecular weight excluding hydrogens is 227 g/mol. The maximum absolute atomic E-state index is 11.1. The van der Waals surface area contributed by atoms with Gasteiger partial charge in [0, 0.05) is 14.2 Å². The molecule has 0 aromatic carbocycles. The number of hydrogen-bond donors (Lipinski definition) is 2. The van der Waals surface area contributed by atoms with Gasteiger partial charge in [-0.25, -0.2) is 4.57 Å². The largest absolute Gasteiger partial charge is 0.472 e. The molecular formula is C7H15O7P. The average molecular weight is 242 g/mol. The standard InChI is InChI=1S/C7H15O7P/c1-11-4-6-7(5(8)3-13-6)14-15(9,10)12-2/h5-8H,3-4H2,1-2H3,(H,9,10)/t5-,6?,7?/m1/s1. The first-order valence-electron chi connectivity index (χ1n) is 4.35. The van der Waals surface area contributed by atoms with Gasteiger partial charge in [-0.1, -0.05) is 0 Å². The molecule has 3 unspecified atom stereocenters. The Labute approximate surface area is 87.5 Å². The molecule has 1 rings (SSSR count). The topological polar surface area (TPSA) is 94.5 Å². The summed E-state index contributed by atoms with van der Waals surface area (Å²) >= 11 is 0. The van der Waals surface area contributed by atoms with Gasteiger partial charge in [0.25, 0.3) is 0 Å². The van der Waals surface area contributed by atoms with Crippen LogP contribution in [0.1, 0.15) is 0 Å². The first-order valence-corrected chi connectivity index (χ1v) is 5.85. The average Bonchev–Trinajstić information content (AvgIpc) is 2.50. The van der Waals surface area contributed by atoms with E-state index in [0.29, 0.717) is 0 Å². The molecule has 0 spiro atoms. The van der Waals surface area contributed by atoms with Crippen LogP contribution < -0.4 is 0 Å². The summed E-state index contributed by atoms with van der Waals surface area (Å²) in [6.45, 7) is 0.216. The highest BCUT2D eigenvalue weighted by Gasteiger charge is 2.41. The summed E-state index contributed by atoms with van der Waals surface area (Å²) in [5.41, 5.74) is 0. The Morgan fingerprint density at radius 3 is 2.73 bits per heavy atom. The number of methoxy groups -OCH3 is 1. The molecule has 0 aromatic rings. The highest BCUT2D eigenvalue weighted by atomic mass is 31.2. The Hall–Kier alpha value is -0.0100. The van der Waals surface area contributed by atoms with E-state index in [9.17, 15) is 9.67 Å². The Balaban J connectivity index is 2.60. The molecule has 0 radical (unpaired) electrons. The van der Waals surface area contributed by atoms with E-state index in [1.54, 1.807) is 0 Å². The number of aliphatic hydroxyl groups excluding tert-OH is 1. The lowest BCUT2D eigenvalue weighted by Gasteiger charge is -2.21. The number of hydrogen-bond acceptors (Lipinski definition) is 6. The fourth-order valence-electron chi connectivity index (χ4n) is 1.30. The predicted octanol–water partition coefficient (Wildman–Crippen LogP) is -0.476. The molecule has 1 fully saturated rings. The highest BCUT2D eigenvalue weighted by molar-refractivity contribution is 7.47. The number of phosphoric acid groups is 1. The number of rotatable bonds is 5. The van der Waals surface area contributed by atoms with E-state index in [1.807, 2.05) is 0 Å². The second kappa shape index (κ2) is 5.36. The summed E-state index contributed by atoms with van der Waals surface area (Å²) in [4.78, 5) is 9.09. The Bertz CT molecular complexity index is 243. The van der Waals surface area contributed by atoms with E-state index in [1.165, 1.54) is 7.11 Å². The van der Waals surface area contributed by atoms with Gasteiger partial charge in [0.1, 0.15) is 18.3 Å². The lowest BCUT2D eigenvalue weighted by molar-refractivity contribution is -0.0193. The monoisotopic (exact) mass is 242 g/mol. The third kappa shape index (κ3) is 3.49. The lowest BCUT2D eigenvalue weighted by Crippen LogP contribution is -2.35. The van der Waals surface area contributed by atoms with Crippen LogP contribution in [0.5, 0.6) is 0 Å². The van der Waals surface area contributed by atoms with Gasteiger partial charge in [0.2, 0.25) is 0 Å². The van der Waals surface area contributed by atoms with Crippen molar-refractivity contribution in [2.24, 2.45) is 0 Å². The fourth-order valence-corrected chi connectivity index (χ4v) is 1.97. The van der Waals surface area contributed by atoms with Gasteiger partial charge >= 0.3 is 7.82 Å². The second-order valence-corrected chi connectivity index (χ2v) is 4.63. The third-order valence-corrected chi connectivity index (χ3v) is 3.01. The van der Waals surface area contributed by atoms with Crippen molar-refractivity contribution in [3.63, 3.8) is 0 Å². The predicted molar refractivity (Wildman–Crippen MR) is 49.3 cm³/mol. The number of phosphoric ester groups is 1. The quantitative estimate of drug-likeness (QED) is 0.629. The molecule has 4 atom stereocenters. The lowest BCUT2D eigenvalue weighted by atomic mass is 10.2. The van der Waals surface area contributed by atoms with Gasteiger partial charge in [-0.15, -0.1) is 0 Å². The summed E-state index contributed by atoms with van der Waals surface area (Å²) in [5.74, 6) is 0. The summed E-state index contributed by atoms with van der Waals surface area (Å²) in [6.07, 6.45) is -2.44. The molecule has 1 heterocycles. The molecule has 90 valence electrons. The van der Waals surface area contributed by atoms with Crippen LogP contribution in [0.15, 0.2) is 0 Å². The van der Waals surface area contributed by atoms with E-state index in [4.69, 9.17) is 18.9 Å². The highest BCUT2D eigenvalue weighted by Crippen LogP contribution is 2.45. The minimum absolute atomic E-state index is 0.0441. The maximum atomic E-state index is 11.1. The second-order valence-electron chi connectivity index (χ2n) is 3.12. The van der Waals surface area contributed by atoms with E-state index in [-0.39, 0.29) is 13.2 Å². The zero-order valence-corrected chi connectivity index (χ0v) is 9.42. The normalized spacial score (nSPS) is 35.3. The van der Waals surface area contributed by atoms with Gasteiger partial charge in [-0.3, -0.25) is 9.05 Å². The van der Waals surface area contributed by atoms with Crippen LogP contribution in [0.3, 0.4) is 0 Å². The summed E-state index contributed by atoms with van der Waals surface area (Å²) in [6, 6.07) is 0. The molecule has 8 heteroatoms. The van der Waals surface area contributed by atoms with Crippen molar-refractivity contribution in [3.8, 4) is 0 Å². The van der Waals surface area contributed by atoms with Gasteiger partial charge in [0.05, 0.1) is 13.2 Å². The molecule has 0 aliphatic carbocycles. The van der Waals surface area contributed by atoms with Crippen molar-refractivity contribution >= 4 is 7.82 Å². The van der Waals surface area contributed by atoms with Crippen LogP contribution in [0.4, 0.5) is 0 Å². The van der Waals surface area contributed by atoms with E-state index >= 15 is 0 Å². The van der Waals surface area contributed by atoms with E-state index < -0.39 is 26.1 Å². The van der Waals surface area contributed by atoms with Crippen molar-refractivity contribution in [2.75, 3.05) is 27.4 Å². The molecule has 2 N–H and O–H groups in total. The van der Waals surface area contributed by atoms with Crippen molar-refractivity contribution in [1.82, 2.24) is 0 Å². The molecule has 1 aliphatic heterocycles. The molecule has 0 amide bonds. The maximum Gasteiger partial charge on any atom is 0.472 e. The fraction of sp³-hybridized carbons (Fsp3) is 1.00. The van der Waals surface area contributed by atoms with Gasteiger partial charge in [-0.2, -0.15) is 0 Å². The van der Waals surface area contributed by atoms with Crippen molar-refractivity contribution in [2.45, 2.75) is 18.3 Å². The van der Waals surface area contributed by atoms with Crippen LogP contribution in [0.2, 0.25) is 0 Å². The van der Waals surface area contributed by atoms with Crippen LogP contribution in [-0.2, 0) is 23.1 Å². The minimum atomic E-state index is -4.12. The summed E-state index contributed by atoms with van der Waals surface area (Å²) in [7, 11) is -1.61. The molecule has 15 heavy (non-hydrogen) atoms. The van der Waals surface area contributed by atoms with Crippen molar-refractivity contribution in [1.29, 1.82) is 0 Å². The SMILES string of the molecule is COCC1OC[C@@H](O)C1OP(=O)(O)OC. The van der Waals surface area contributed by atoms with Crippen LogP contribution in [0, 0.1) is 0 Å².